The largest absolute Gasteiger partial charge is 0.282 e. The van der Waals surface area contributed by atoms with Gasteiger partial charge in [-0.2, -0.15) is 0 Å². The fourth-order valence-corrected chi connectivity index (χ4v) is 1.26. The average molecular weight is 160 g/mol. The normalized spacial score (nSPS) is 11.5. The fraction of sp³-hybridized carbons (Fsp3) is 0.857. The highest BCUT2D eigenvalue weighted by atomic mass is 32.2. The lowest BCUT2D eigenvalue weighted by Crippen LogP contribution is -2.33. The van der Waals surface area contributed by atoms with Gasteiger partial charge in [0.1, 0.15) is 0 Å². The van der Waals surface area contributed by atoms with Gasteiger partial charge in [0.25, 0.3) is 5.62 Å². The van der Waals surface area contributed by atoms with Crippen LogP contribution in [0.2, 0.25) is 0 Å². The van der Waals surface area contributed by atoms with Crippen molar-refractivity contribution in [3.05, 3.63) is 0 Å². The zero-order valence-corrected chi connectivity index (χ0v) is 7.55. The van der Waals surface area contributed by atoms with Gasteiger partial charge in [0, 0.05) is 17.5 Å². The fourth-order valence-electron chi connectivity index (χ4n) is 0.835. The van der Waals surface area contributed by atoms with Crippen molar-refractivity contribution in [1.29, 1.82) is 0 Å². The Morgan fingerprint density at radius 2 is 2.20 bits per heavy atom. The summed E-state index contributed by atoms with van der Waals surface area (Å²) in [6.45, 7) is 6.26. The van der Waals surface area contributed by atoms with Crippen LogP contribution in [-0.2, 0) is 4.79 Å². The number of hydrogen-bond acceptors (Lipinski definition) is 3. The minimum atomic E-state index is 0.0524. The Labute approximate surface area is 66.9 Å². The molecule has 0 spiro atoms. The van der Waals surface area contributed by atoms with Gasteiger partial charge in [0.15, 0.2) is 0 Å². The summed E-state index contributed by atoms with van der Waals surface area (Å²) in [6, 6.07) is 0. The van der Waals surface area contributed by atoms with Crippen LogP contribution >= 0.6 is 11.9 Å². The molecule has 0 aromatic rings. The van der Waals surface area contributed by atoms with Gasteiger partial charge in [-0.15, -0.1) is 0 Å². The molecule has 0 saturated heterocycles. The molecule has 10 heavy (non-hydrogen) atoms. The highest BCUT2D eigenvalue weighted by Gasteiger charge is 2.14. The minimum absolute atomic E-state index is 0.0524. The number of carbonyl (C=O) groups excluding carboxylic acids is 1. The molecule has 3 heteroatoms. The molecule has 0 aromatic heterocycles. The first kappa shape index (κ1) is 9.98. The molecule has 0 aliphatic rings. The maximum absolute atomic E-state index is 9.83. The van der Waals surface area contributed by atoms with Crippen LogP contribution in [0.1, 0.15) is 33.6 Å². The van der Waals surface area contributed by atoms with Crippen LogP contribution in [0.15, 0.2) is 0 Å². The second kappa shape index (κ2) is 4.74. The van der Waals surface area contributed by atoms with Crippen LogP contribution in [-0.4, -0.2) is 11.2 Å². The number of nitrogens with one attached hydrogen (secondary N) is 1. The molecule has 59 valence electrons. The first-order chi connectivity index (χ1) is 4.62. The van der Waals surface area contributed by atoms with Gasteiger partial charge in [-0.3, -0.25) is 9.52 Å². The van der Waals surface area contributed by atoms with E-state index in [2.05, 4.69) is 25.5 Å². The molecular weight excluding hydrogens is 146 g/mol. The molecule has 1 N–H and O–H groups in total. The molecule has 0 bridgehead atoms. The lowest BCUT2D eigenvalue weighted by Gasteiger charge is -2.22. The molecular formula is C7H14NOS. The summed E-state index contributed by atoms with van der Waals surface area (Å²) < 4.78 is 3.00. The van der Waals surface area contributed by atoms with E-state index in [4.69, 9.17) is 0 Å². The molecule has 0 saturated carbocycles. The molecule has 2 nitrogen and oxygen atoms in total. The van der Waals surface area contributed by atoms with Crippen LogP contribution in [0, 0.1) is 0 Å². The third-order valence-electron chi connectivity index (χ3n) is 1.24. The van der Waals surface area contributed by atoms with Crippen LogP contribution < -0.4 is 4.72 Å². The quantitative estimate of drug-likeness (QED) is 0.622. The summed E-state index contributed by atoms with van der Waals surface area (Å²) in [4.78, 5) is 9.83. The van der Waals surface area contributed by atoms with Crippen molar-refractivity contribution < 1.29 is 4.79 Å². The van der Waals surface area contributed by atoms with Gasteiger partial charge in [-0.05, 0) is 20.3 Å². The molecule has 0 atom stereocenters. The molecule has 0 heterocycles. The Morgan fingerprint density at radius 3 is 2.60 bits per heavy atom. The summed E-state index contributed by atoms with van der Waals surface area (Å²) in [6.07, 6.45) is 2.20. The predicted octanol–water partition coefficient (Wildman–Crippen LogP) is 1.87. The summed E-state index contributed by atoms with van der Waals surface area (Å²) in [7, 11) is 0. The maximum Gasteiger partial charge on any atom is 0.282 e. The smallest absolute Gasteiger partial charge is 0.276 e. The van der Waals surface area contributed by atoms with E-state index in [1.165, 1.54) is 0 Å². The van der Waals surface area contributed by atoms with Crippen LogP contribution in [0.25, 0.3) is 0 Å². The second-order valence-electron chi connectivity index (χ2n) is 2.92. The van der Waals surface area contributed by atoms with E-state index >= 15 is 0 Å². The summed E-state index contributed by atoms with van der Waals surface area (Å²) in [5.74, 6) is 0. The zero-order valence-electron chi connectivity index (χ0n) is 6.73. The van der Waals surface area contributed by atoms with E-state index in [0.29, 0.717) is 0 Å². The van der Waals surface area contributed by atoms with Crippen molar-refractivity contribution in [2.75, 3.05) is 0 Å². The van der Waals surface area contributed by atoms with Crippen molar-refractivity contribution in [3.63, 3.8) is 0 Å². The predicted molar refractivity (Wildman–Crippen MR) is 45.4 cm³/mol. The van der Waals surface area contributed by atoms with Crippen molar-refractivity contribution in [2.45, 2.75) is 39.2 Å². The average Bonchev–Trinajstić information content (AvgIpc) is 1.84. The highest BCUT2D eigenvalue weighted by Crippen LogP contribution is 2.13. The summed E-state index contributed by atoms with van der Waals surface area (Å²) >= 11 is 0.999. The van der Waals surface area contributed by atoms with E-state index in [1.54, 1.807) is 5.62 Å². The monoisotopic (exact) mass is 160 g/mol. The van der Waals surface area contributed by atoms with Crippen LogP contribution in [0.4, 0.5) is 0 Å². The van der Waals surface area contributed by atoms with E-state index in [0.717, 1.165) is 24.8 Å². The molecule has 0 rings (SSSR count). The van der Waals surface area contributed by atoms with E-state index in [1.807, 2.05) is 0 Å². The Balaban J connectivity index is 3.51. The third kappa shape index (κ3) is 4.82. The first-order valence-corrected chi connectivity index (χ1v) is 4.24. The molecule has 0 fully saturated rings. The SMILES string of the molecule is CCCC(C)(C)NS[C]=O. The maximum atomic E-state index is 9.83. The molecule has 1 radical (unpaired) electrons. The lowest BCUT2D eigenvalue weighted by atomic mass is 10.0. The Hall–Kier alpha value is -0.0200. The minimum Gasteiger partial charge on any atom is -0.276 e. The molecule has 0 aromatic carbocycles. The van der Waals surface area contributed by atoms with Gasteiger partial charge in [-0.1, -0.05) is 13.3 Å². The topological polar surface area (TPSA) is 29.1 Å². The van der Waals surface area contributed by atoms with Crippen LogP contribution in [0.5, 0.6) is 0 Å². The Morgan fingerprint density at radius 1 is 1.60 bits per heavy atom. The lowest BCUT2D eigenvalue weighted by molar-refractivity contribution is 0.438. The van der Waals surface area contributed by atoms with Crippen molar-refractivity contribution in [2.24, 2.45) is 0 Å². The molecule has 0 aliphatic carbocycles. The first-order valence-electron chi connectivity index (χ1n) is 3.42. The van der Waals surface area contributed by atoms with E-state index in [9.17, 15) is 4.79 Å². The standard InChI is InChI=1S/C7H14NOS/c1-4-5-7(2,3)8-10-6-9/h8H,4-5H2,1-3H3. The molecule has 0 unspecified atom stereocenters. The zero-order chi connectivity index (χ0) is 8.04. The van der Waals surface area contributed by atoms with Gasteiger partial charge >= 0.3 is 0 Å². The van der Waals surface area contributed by atoms with Crippen molar-refractivity contribution >= 4 is 17.6 Å². The van der Waals surface area contributed by atoms with Gasteiger partial charge in [-0.25, -0.2) is 0 Å². The van der Waals surface area contributed by atoms with E-state index in [-0.39, 0.29) is 5.54 Å². The van der Waals surface area contributed by atoms with Crippen molar-refractivity contribution in [1.82, 2.24) is 4.72 Å². The molecule has 0 aliphatic heterocycles. The molecule has 0 amide bonds. The number of hydrogen-bond donors (Lipinski definition) is 1. The second-order valence-corrected chi connectivity index (χ2v) is 3.50. The third-order valence-corrected chi connectivity index (χ3v) is 1.98. The van der Waals surface area contributed by atoms with Crippen LogP contribution in [0.3, 0.4) is 0 Å². The Kier molecular flexibility index (Phi) is 4.73. The highest BCUT2D eigenvalue weighted by molar-refractivity contribution is 8.10. The van der Waals surface area contributed by atoms with Gasteiger partial charge in [0.05, 0.1) is 0 Å². The van der Waals surface area contributed by atoms with E-state index < -0.39 is 0 Å². The number of rotatable bonds is 5. The Bertz CT molecular complexity index is 104. The summed E-state index contributed by atoms with van der Waals surface area (Å²) in [5, 5.41) is 0. The summed E-state index contributed by atoms with van der Waals surface area (Å²) in [5.41, 5.74) is 1.79. The van der Waals surface area contributed by atoms with Gasteiger partial charge < -0.3 is 0 Å². The van der Waals surface area contributed by atoms with Crippen molar-refractivity contribution in [3.8, 4) is 0 Å². The van der Waals surface area contributed by atoms with Gasteiger partial charge in [0.2, 0.25) is 0 Å².